The Balaban J connectivity index is 1.48. The molecule has 0 spiro atoms. The fourth-order valence-electron chi connectivity index (χ4n) is 10.5. The number of hydrogen-bond acceptors (Lipinski definition) is 14. The molecule has 5 rings (SSSR count). The van der Waals surface area contributed by atoms with E-state index in [0.29, 0.717) is 70.0 Å². The van der Waals surface area contributed by atoms with Crippen molar-refractivity contribution in [3.8, 4) is 0 Å². The summed E-state index contributed by atoms with van der Waals surface area (Å²) in [6.45, 7) is 13.5. The number of rotatable bonds is 10. The first-order valence-corrected chi connectivity index (χ1v) is 23.5. The summed E-state index contributed by atoms with van der Waals surface area (Å²) in [5.41, 5.74) is 1.61. The Labute approximate surface area is 379 Å². The summed E-state index contributed by atoms with van der Waals surface area (Å²) >= 11 is 0. The van der Waals surface area contributed by atoms with E-state index in [-0.39, 0.29) is 67.7 Å². The van der Waals surface area contributed by atoms with Crippen molar-refractivity contribution in [3.63, 3.8) is 0 Å². The Kier molecular flexibility index (Phi) is 18.9. The number of carbonyl (C=O) groups is 5. The number of nitrogens with zero attached hydrogens (tertiary/aromatic N) is 1. The first-order valence-electron chi connectivity index (χ1n) is 23.5. The second-order valence-corrected chi connectivity index (χ2v) is 19.2. The van der Waals surface area contributed by atoms with Crippen LogP contribution in [0.3, 0.4) is 0 Å². The quantitative estimate of drug-likeness (QED) is 0.162. The summed E-state index contributed by atoms with van der Waals surface area (Å²) in [5.74, 6) is -8.07. The maximum atomic E-state index is 14.5. The van der Waals surface area contributed by atoms with Crippen LogP contribution in [0.15, 0.2) is 36.0 Å². The SMILES string of the molecule is C=CC[C@@H]1/C=C(\C)C[C@H](C)C[C@H](OC)C2O[C@@](O)(C(=O)C(=O)N3CCCC[C@H]3C(=O)O[C@H](/C(C)=C/[C@@H]3CC[C@@H](OC[C@@H]4CCC(=O)O4)[C@H](OC)C3)[C@H](C)[C@@H](O)CC1=O)[C@H](C)C[C@@H]2OC. The van der Waals surface area contributed by atoms with Crippen LogP contribution in [0.4, 0.5) is 0 Å². The fraction of sp³-hybridized carbons (Fsp3) is 0.776. The molecule has 360 valence electrons. The lowest BCUT2D eigenvalue weighted by Gasteiger charge is -2.47. The van der Waals surface area contributed by atoms with E-state index < -0.39 is 77.8 Å². The molecule has 1 amide bonds. The molecule has 0 aromatic carbocycles. The van der Waals surface area contributed by atoms with Crippen molar-refractivity contribution in [1.82, 2.24) is 4.90 Å². The summed E-state index contributed by atoms with van der Waals surface area (Å²) in [6, 6.07) is -1.16. The van der Waals surface area contributed by atoms with Crippen LogP contribution in [0, 0.1) is 29.6 Å². The number of Topliss-reactive ketones (excluding diaryl/α,β-unsaturated/α-hetero) is 2. The third-order valence-corrected chi connectivity index (χ3v) is 14.3. The average Bonchev–Trinajstić information content (AvgIpc) is 3.70. The lowest BCUT2D eigenvalue weighted by Crippen LogP contribution is -2.64. The van der Waals surface area contributed by atoms with Crippen LogP contribution in [0.5, 0.6) is 0 Å². The number of piperidine rings is 1. The summed E-state index contributed by atoms with van der Waals surface area (Å²) in [7, 11) is 4.68. The third kappa shape index (κ3) is 12.6. The van der Waals surface area contributed by atoms with E-state index >= 15 is 0 Å². The number of hydrogen-bond donors (Lipinski definition) is 2. The smallest absolute Gasteiger partial charge is 0.329 e. The topological polar surface area (TPSA) is 194 Å². The highest BCUT2D eigenvalue weighted by molar-refractivity contribution is 6.39. The molecular weight excluding hydrogens is 827 g/mol. The Bertz CT molecular complexity index is 1710. The van der Waals surface area contributed by atoms with Gasteiger partial charge in [0, 0.05) is 58.5 Å². The highest BCUT2D eigenvalue weighted by Gasteiger charge is 2.56. The molecular formula is C49H75NO14. The van der Waals surface area contributed by atoms with E-state index in [9.17, 15) is 34.2 Å². The standard InChI is InChI=1S/C49H75NO14/c1-10-13-34-21-28(2)20-29(3)22-41(59-8)45-42(60-9)24-31(5)49(57,64-45)46(54)47(55)50-19-12-11-14-36(50)48(56)63-44(32(6)37(51)26-38(34)52)30(4)23-33-15-17-39(40(25-33)58-7)61-27-35-16-18-43(53)62-35/h10,21,23,29,31-37,39-42,44-45,51,57H,1,11-20,22,24-27H2,2-9H3/b28-21+,30-23+/t29-,31+,32+,33-,34+,35-,36-,37-,39+,40+,41-,42-,44+,45?,49+/m0/s1. The van der Waals surface area contributed by atoms with Crippen molar-refractivity contribution in [3.05, 3.63) is 36.0 Å². The second-order valence-electron chi connectivity index (χ2n) is 19.2. The lowest BCUT2D eigenvalue weighted by atomic mass is 9.81. The van der Waals surface area contributed by atoms with Crippen LogP contribution >= 0.6 is 0 Å². The zero-order valence-electron chi connectivity index (χ0n) is 39.4. The van der Waals surface area contributed by atoms with Gasteiger partial charge in [0.1, 0.15) is 30.1 Å². The second kappa shape index (κ2) is 23.4. The molecule has 15 nitrogen and oxygen atoms in total. The number of carbonyl (C=O) groups excluding carboxylic acids is 5. The Morgan fingerprint density at radius 1 is 0.906 bits per heavy atom. The molecule has 2 bridgehead atoms. The van der Waals surface area contributed by atoms with Crippen LogP contribution < -0.4 is 0 Å². The van der Waals surface area contributed by atoms with E-state index in [1.165, 1.54) is 19.1 Å². The first kappa shape index (κ1) is 51.7. The third-order valence-electron chi connectivity index (χ3n) is 14.3. The molecule has 1 aliphatic carbocycles. The van der Waals surface area contributed by atoms with Gasteiger partial charge >= 0.3 is 11.9 Å². The number of aliphatic hydroxyl groups is 2. The molecule has 15 heteroatoms. The van der Waals surface area contributed by atoms with Gasteiger partial charge in [-0.3, -0.25) is 19.2 Å². The maximum Gasteiger partial charge on any atom is 0.329 e. The van der Waals surface area contributed by atoms with Gasteiger partial charge in [-0.25, -0.2) is 4.79 Å². The number of methoxy groups -OCH3 is 3. The summed E-state index contributed by atoms with van der Waals surface area (Å²) in [4.78, 5) is 70.0. The van der Waals surface area contributed by atoms with Crippen molar-refractivity contribution >= 4 is 29.4 Å². The lowest BCUT2D eigenvalue weighted by molar-refractivity contribution is -0.302. The van der Waals surface area contributed by atoms with E-state index in [2.05, 4.69) is 6.58 Å². The molecule has 0 aromatic heterocycles. The minimum absolute atomic E-state index is 0.000657. The number of aliphatic hydroxyl groups excluding tert-OH is 1. The minimum atomic E-state index is -2.52. The summed E-state index contributed by atoms with van der Waals surface area (Å²) in [5, 5.41) is 24.0. The van der Waals surface area contributed by atoms with Crippen LogP contribution in [-0.2, 0) is 57.1 Å². The molecule has 15 atom stereocenters. The van der Waals surface area contributed by atoms with Gasteiger partial charge in [-0.05, 0) is 102 Å². The molecule has 5 aliphatic rings. The Morgan fingerprint density at radius 2 is 1.61 bits per heavy atom. The molecule has 0 radical (unpaired) electrons. The fourth-order valence-corrected chi connectivity index (χ4v) is 10.5. The zero-order valence-corrected chi connectivity index (χ0v) is 39.4. The van der Waals surface area contributed by atoms with Gasteiger partial charge in [0.05, 0.1) is 37.1 Å². The van der Waals surface area contributed by atoms with Gasteiger partial charge in [0.15, 0.2) is 0 Å². The number of allylic oxidation sites excluding steroid dienone is 4. The van der Waals surface area contributed by atoms with Gasteiger partial charge in [0.25, 0.3) is 11.7 Å². The predicted molar refractivity (Wildman–Crippen MR) is 235 cm³/mol. The van der Waals surface area contributed by atoms with Crippen LogP contribution in [0.1, 0.15) is 118 Å². The van der Waals surface area contributed by atoms with Gasteiger partial charge in [-0.15, -0.1) is 6.58 Å². The van der Waals surface area contributed by atoms with Gasteiger partial charge in [-0.2, -0.15) is 0 Å². The van der Waals surface area contributed by atoms with Crippen molar-refractivity contribution in [2.45, 2.75) is 179 Å². The van der Waals surface area contributed by atoms with Crippen molar-refractivity contribution in [2.75, 3.05) is 34.5 Å². The Hall–Kier alpha value is -3.31. The predicted octanol–water partition coefficient (Wildman–Crippen LogP) is 5.37. The minimum Gasteiger partial charge on any atom is -0.460 e. The number of fused-ring (bicyclic) bond motifs is 3. The molecule has 2 N–H and O–H groups in total. The van der Waals surface area contributed by atoms with Crippen molar-refractivity contribution in [1.29, 1.82) is 0 Å². The van der Waals surface area contributed by atoms with E-state index in [1.807, 2.05) is 32.9 Å². The van der Waals surface area contributed by atoms with Crippen LogP contribution in [0.25, 0.3) is 0 Å². The van der Waals surface area contributed by atoms with E-state index in [0.717, 1.165) is 12.0 Å². The highest BCUT2D eigenvalue weighted by atomic mass is 16.7. The monoisotopic (exact) mass is 902 g/mol. The first-order chi connectivity index (χ1) is 30.4. The average molecular weight is 902 g/mol. The molecule has 4 heterocycles. The molecule has 1 saturated carbocycles. The van der Waals surface area contributed by atoms with Crippen LogP contribution in [0.2, 0.25) is 0 Å². The highest BCUT2D eigenvalue weighted by Crippen LogP contribution is 2.39. The van der Waals surface area contributed by atoms with E-state index in [1.54, 1.807) is 27.0 Å². The van der Waals surface area contributed by atoms with E-state index in [4.69, 9.17) is 33.2 Å². The zero-order chi connectivity index (χ0) is 46.9. The number of cyclic esters (lactones) is 2. The number of ketones is 2. The van der Waals surface area contributed by atoms with Gasteiger partial charge in [-0.1, -0.05) is 44.6 Å². The van der Waals surface area contributed by atoms with Gasteiger partial charge in [0.2, 0.25) is 5.79 Å². The van der Waals surface area contributed by atoms with Crippen molar-refractivity contribution < 1.29 is 67.3 Å². The molecule has 64 heavy (non-hydrogen) atoms. The molecule has 0 aromatic rings. The molecule has 3 saturated heterocycles. The number of ether oxygens (including phenoxy) is 7. The number of amides is 1. The molecule has 1 unspecified atom stereocenters. The normalized spacial score (nSPS) is 40.1. The summed E-state index contributed by atoms with van der Waals surface area (Å²) < 4.78 is 41.8. The Morgan fingerprint density at radius 3 is 2.27 bits per heavy atom. The largest absolute Gasteiger partial charge is 0.460 e. The summed E-state index contributed by atoms with van der Waals surface area (Å²) in [6.07, 6.45) is 6.30. The van der Waals surface area contributed by atoms with Crippen LogP contribution in [-0.4, -0.2) is 140 Å². The maximum absolute atomic E-state index is 14.5. The molecule has 4 fully saturated rings. The van der Waals surface area contributed by atoms with Crippen molar-refractivity contribution in [2.24, 2.45) is 29.6 Å². The number of esters is 2. The molecule has 4 aliphatic heterocycles. The van der Waals surface area contributed by atoms with Gasteiger partial charge < -0.3 is 48.3 Å².